The highest BCUT2D eigenvalue weighted by Gasteiger charge is 2.27. The van der Waals surface area contributed by atoms with Gasteiger partial charge in [0.2, 0.25) is 0 Å². The van der Waals surface area contributed by atoms with E-state index < -0.39 is 0 Å². The summed E-state index contributed by atoms with van der Waals surface area (Å²) in [6.07, 6.45) is 6.75. The van der Waals surface area contributed by atoms with Crippen molar-refractivity contribution < 1.29 is 0 Å². The third kappa shape index (κ3) is 6.22. The Balaban J connectivity index is 1.26. The maximum Gasteiger partial charge on any atom is 0.108 e. The Labute approximate surface area is 245 Å². The molecule has 9 heteroatoms. The second-order valence-electron chi connectivity index (χ2n) is 10.6. The topological polar surface area (TPSA) is 9.86 Å². The van der Waals surface area contributed by atoms with Crippen molar-refractivity contribution in [1.29, 1.82) is 0 Å². The van der Waals surface area contributed by atoms with Gasteiger partial charge in [0.05, 0.1) is 10.1 Å². The van der Waals surface area contributed by atoms with Crippen molar-refractivity contribution in [2.24, 2.45) is 0 Å². The summed E-state index contributed by atoms with van der Waals surface area (Å²) in [4.78, 5) is 2.66. The third-order valence-corrected chi connectivity index (χ3v) is 12.0. The van der Waals surface area contributed by atoms with Crippen molar-refractivity contribution in [3.05, 3.63) is 32.5 Å². The number of thiol groups is 2. The average Bonchev–Trinajstić information content (AvgIpc) is 3.42. The van der Waals surface area contributed by atoms with Crippen LogP contribution < -0.4 is 0 Å². The summed E-state index contributed by atoms with van der Waals surface area (Å²) in [6, 6.07) is 4.37. The van der Waals surface area contributed by atoms with Crippen molar-refractivity contribution in [1.82, 2.24) is 9.13 Å². The second-order valence-corrected chi connectivity index (χ2v) is 15.8. The number of pyridine rings is 2. The summed E-state index contributed by atoms with van der Waals surface area (Å²) in [5.74, 6) is 4.63. The molecule has 0 aliphatic carbocycles. The smallest absolute Gasteiger partial charge is 0.108 e. The summed E-state index contributed by atoms with van der Waals surface area (Å²) in [7, 11) is 0. The Morgan fingerprint density at radius 2 is 1.20 bits per heavy atom. The van der Waals surface area contributed by atoms with Crippen molar-refractivity contribution in [3.63, 3.8) is 0 Å². The van der Waals surface area contributed by atoms with E-state index in [1.807, 2.05) is 23.5 Å². The quantitative estimate of drug-likeness (QED) is 0.159. The van der Waals surface area contributed by atoms with Crippen molar-refractivity contribution >= 4 is 85.0 Å². The van der Waals surface area contributed by atoms with E-state index in [9.17, 15) is 0 Å². The van der Waals surface area contributed by atoms with Gasteiger partial charge < -0.3 is 9.13 Å². The molecule has 2 aromatic heterocycles. The highest BCUT2D eigenvalue weighted by Crippen LogP contribution is 2.40. The van der Waals surface area contributed by atoms with E-state index in [0.717, 1.165) is 56.5 Å². The van der Waals surface area contributed by atoms with Gasteiger partial charge in [-0.3, -0.25) is 0 Å². The minimum atomic E-state index is -0.0235. The highest BCUT2D eigenvalue weighted by molar-refractivity contribution is 8.00. The van der Waals surface area contributed by atoms with Gasteiger partial charge in [-0.25, -0.2) is 0 Å². The molecule has 2 aromatic rings. The van der Waals surface area contributed by atoms with Crippen LogP contribution >= 0.6 is 85.0 Å². The van der Waals surface area contributed by atoms with Crippen LogP contribution in [0.25, 0.3) is 0 Å². The molecule has 4 heterocycles. The number of fused-ring (bicyclic) bond motifs is 2. The first-order chi connectivity index (χ1) is 16.5. The van der Waals surface area contributed by atoms with E-state index in [1.54, 1.807) is 0 Å². The number of hydrogen-bond acceptors (Lipinski definition) is 7. The van der Waals surface area contributed by atoms with Crippen molar-refractivity contribution in [2.45, 2.75) is 97.1 Å². The lowest BCUT2D eigenvalue weighted by Crippen LogP contribution is -2.29. The van der Waals surface area contributed by atoms with Crippen LogP contribution in [0.15, 0.2) is 32.0 Å². The molecule has 35 heavy (non-hydrogen) atoms. The summed E-state index contributed by atoms with van der Waals surface area (Å²) >= 11 is 27.2. The van der Waals surface area contributed by atoms with Crippen LogP contribution in [0.4, 0.5) is 0 Å². The molecular weight excluding hydrogens is 565 g/mol. The largest absolute Gasteiger partial charge is 0.322 e. The molecule has 0 amide bonds. The molecule has 0 saturated carbocycles. The average molecular weight is 601 g/mol. The lowest BCUT2D eigenvalue weighted by Gasteiger charge is -2.32. The molecule has 0 N–H and O–H groups in total. The number of aromatic nitrogens is 2. The lowest BCUT2D eigenvalue weighted by atomic mass is 9.98. The Morgan fingerprint density at radius 3 is 1.60 bits per heavy atom. The summed E-state index contributed by atoms with van der Waals surface area (Å²) in [5.41, 5.74) is 2.71. The monoisotopic (exact) mass is 600 g/mol. The van der Waals surface area contributed by atoms with Crippen LogP contribution in [0.2, 0.25) is 0 Å². The fourth-order valence-electron chi connectivity index (χ4n) is 5.19. The Bertz CT molecular complexity index is 1120. The van der Waals surface area contributed by atoms with Crippen molar-refractivity contribution in [2.75, 3.05) is 23.0 Å². The molecule has 2 aliphatic rings. The SMILES string of the molecule is CC(C)(CCCSCCCC(C)(C)n1c(S)c2c(cc1=S)SCC2)n1c(S)c2c(cc1=S)SCC2. The molecule has 4 rings (SSSR count). The second kappa shape index (κ2) is 11.7. The van der Waals surface area contributed by atoms with Crippen LogP contribution in [0.5, 0.6) is 0 Å². The molecule has 0 saturated heterocycles. The van der Waals surface area contributed by atoms with E-state index in [0.29, 0.717) is 0 Å². The van der Waals surface area contributed by atoms with Gasteiger partial charge in [-0.15, -0.1) is 48.8 Å². The van der Waals surface area contributed by atoms with E-state index in [1.165, 1.54) is 45.3 Å². The van der Waals surface area contributed by atoms with Gasteiger partial charge in [0.15, 0.2) is 0 Å². The molecule has 0 radical (unpaired) electrons. The first kappa shape index (κ1) is 28.5. The maximum atomic E-state index is 5.76. The van der Waals surface area contributed by atoms with Gasteiger partial charge in [0.25, 0.3) is 0 Å². The zero-order valence-corrected chi connectivity index (χ0v) is 26.9. The molecule has 192 valence electrons. The Hall–Kier alpha value is 0.490. The number of thioether (sulfide) groups is 3. The minimum Gasteiger partial charge on any atom is -0.322 e. The highest BCUT2D eigenvalue weighted by atomic mass is 32.2. The molecule has 0 unspecified atom stereocenters. The van der Waals surface area contributed by atoms with Gasteiger partial charge >= 0.3 is 0 Å². The van der Waals surface area contributed by atoms with Crippen molar-refractivity contribution in [3.8, 4) is 0 Å². The zero-order chi connectivity index (χ0) is 25.4. The summed E-state index contributed by atoms with van der Waals surface area (Å²) < 4.78 is 6.40. The lowest BCUT2D eigenvalue weighted by molar-refractivity contribution is 0.296. The van der Waals surface area contributed by atoms with E-state index in [2.05, 4.69) is 60.7 Å². The van der Waals surface area contributed by atoms with E-state index in [-0.39, 0.29) is 11.1 Å². The van der Waals surface area contributed by atoms with Crippen LogP contribution in [-0.2, 0) is 23.9 Å². The first-order valence-electron chi connectivity index (χ1n) is 12.3. The summed E-state index contributed by atoms with van der Waals surface area (Å²) in [5, 5.41) is 2.15. The molecule has 2 aliphatic heterocycles. The first-order valence-corrected chi connectivity index (χ1v) is 17.2. The fourth-order valence-corrected chi connectivity index (χ4v) is 10.8. The molecule has 0 atom stereocenters. The molecule has 0 spiro atoms. The molecule has 0 bridgehead atoms. The van der Waals surface area contributed by atoms with Gasteiger partial charge in [-0.1, -0.05) is 24.4 Å². The van der Waals surface area contributed by atoms with Gasteiger partial charge in [-0.05, 0) is 101 Å². The molecular formula is C26H36N2S7. The van der Waals surface area contributed by atoms with Crippen LogP contribution in [-0.4, -0.2) is 32.1 Å². The van der Waals surface area contributed by atoms with Gasteiger partial charge in [0.1, 0.15) is 9.28 Å². The van der Waals surface area contributed by atoms with Crippen LogP contribution in [0.1, 0.15) is 64.5 Å². The number of hydrogen-bond donors (Lipinski definition) is 2. The van der Waals surface area contributed by atoms with E-state index >= 15 is 0 Å². The summed E-state index contributed by atoms with van der Waals surface area (Å²) in [6.45, 7) is 9.21. The number of rotatable bonds is 10. The normalized spacial score (nSPS) is 15.5. The van der Waals surface area contributed by atoms with Crippen LogP contribution in [0.3, 0.4) is 0 Å². The molecule has 0 fully saturated rings. The maximum absolute atomic E-state index is 5.76. The molecule has 2 nitrogen and oxygen atoms in total. The predicted molar refractivity (Wildman–Crippen MR) is 168 cm³/mol. The fraction of sp³-hybridized carbons (Fsp3) is 0.615. The standard InChI is InChI=1S/C26H36N2S7/c1-25(2,27-21(29)15-19-17(23(27)31)7-13-34-19)9-5-11-33-12-6-10-26(3,4)28-22(30)16-20-18(24(28)32)8-14-35-20/h15-16,31-32H,5-14H2,1-4H3. The third-order valence-electron chi connectivity index (χ3n) is 7.09. The van der Waals surface area contributed by atoms with Crippen LogP contribution in [0, 0.1) is 9.28 Å². The van der Waals surface area contributed by atoms with E-state index in [4.69, 9.17) is 49.7 Å². The minimum absolute atomic E-state index is 0.0235. The Kier molecular flexibility index (Phi) is 9.53. The zero-order valence-electron chi connectivity index (χ0n) is 21.1. The number of nitrogens with zero attached hydrogens (tertiary/aromatic N) is 2. The molecule has 0 aromatic carbocycles. The van der Waals surface area contributed by atoms with Gasteiger partial charge in [0, 0.05) is 32.4 Å². The Morgan fingerprint density at radius 1 is 0.800 bits per heavy atom. The predicted octanol–water partition coefficient (Wildman–Crippen LogP) is 9.09. The van der Waals surface area contributed by atoms with Gasteiger partial charge in [-0.2, -0.15) is 11.8 Å².